The van der Waals surface area contributed by atoms with Crippen molar-refractivity contribution in [2.75, 3.05) is 32.7 Å². The fourth-order valence-corrected chi connectivity index (χ4v) is 1.11. The molecule has 1 aromatic heterocycles. The summed E-state index contributed by atoms with van der Waals surface area (Å²) in [6.07, 6.45) is 1.43. The van der Waals surface area contributed by atoms with E-state index in [4.69, 9.17) is 15.2 Å². The summed E-state index contributed by atoms with van der Waals surface area (Å²) in [7, 11) is 3.19. The predicted molar refractivity (Wildman–Crippen MR) is 56.9 cm³/mol. The zero-order valence-electron chi connectivity index (χ0n) is 8.93. The van der Waals surface area contributed by atoms with Crippen molar-refractivity contribution < 1.29 is 9.47 Å². The van der Waals surface area contributed by atoms with Crippen molar-refractivity contribution >= 4 is 5.82 Å². The SMILES string of the molecule is COCC(CN)Nc1cc(OC)ncn1. The van der Waals surface area contributed by atoms with E-state index in [1.165, 1.54) is 6.33 Å². The van der Waals surface area contributed by atoms with E-state index in [-0.39, 0.29) is 6.04 Å². The number of hydrogen-bond acceptors (Lipinski definition) is 6. The topological polar surface area (TPSA) is 82.3 Å². The van der Waals surface area contributed by atoms with E-state index in [1.54, 1.807) is 20.3 Å². The van der Waals surface area contributed by atoms with Gasteiger partial charge in [-0.25, -0.2) is 9.97 Å². The molecule has 0 aliphatic heterocycles. The molecule has 0 aliphatic carbocycles. The first-order valence-corrected chi connectivity index (χ1v) is 4.61. The van der Waals surface area contributed by atoms with Crippen LogP contribution in [-0.2, 0) is 4.74 Å². The van der Waals surface area contributed by atoms with Crippen LogP contribution in [0.3, 0.4) is 0 Å². The van der Waals surface area contributed by atoms with Gasteiger partial charge in [-0.05, 0) is 0 Å². The van der Waals surface area contributed by atoms with E-state index in [2.05, 4.69) is 15.3 Å². The van der Waals surface area contributed by atoms with Crippen LogP contribution in [0.1, 0.15) is 0 Å². The first-order valence-electron chi connectivity index (χ1n) is 4.61. The molecule has 0 fully saturated rings. The summed E-state index contributed by atoms with van der Waals surface area (Å²) in [4.78, 5) is 7.95. The van der Waals surface area contributed by atoms with Crippen LogP contribution in [0, 0.1) is 0 Å². The first kappa shape index (κ1) is 11.7. The zero-order valence-corrected chi connectivity index (χ0v) is 8.93. The summed E-state index contributed by atoms with van der Waals surface area (Å²) >= 11 is 0. The minimum Gasteiger partial charge on any atom is -0.481 e. The van der Waals surface area contributed by atoms with E-state index < -0.39 is 0 Å². The van der Waals surface area contributed by atoms with Gasteiger partial charge in [0.15, 0.2) is 0 Å². The second-order valence-electron chi connectivity index (χ2n) is 2.98. The summed E-state index contributed by atoms with van der Waals surface area (Å²) in [5.41, 5.74) is 5.56. The third kappa shape index (κ3) is 3.69. The van der Waals surface area contributed by atoms with Crippen molar-refractivity contribution in [1.82, 2.24) is 9.97 Å². The first-order chi connectivity index (χ1) is 7.30. The van der Waals surface area contributed by atoms with Crippen LogP contribution in [-0.4, -0.2) is 43.4 Å². The molecule has 0 saturated carbocycles. The summed E-state index contributed by atoms with van der Waals surface area (Å²) in [5, 5.41) is 3.12. The Morgan fingerprint density at radius 1 is 1.47 bits per heavy atom. The number of anilines is 1. The molecule has 1 aromatic rings. The number of hydrogen-bond donors (Lipinski definition) is 2. The fourth-order valence-electron chi connectivity index (χ4n) is 1.11. The van der Waals surface area contributed by atoms with Gasteiger partial charge in [-0.2, -0.15) is 0 Å². The number of ether oxygens (including phenoxy) is 2. The van der Waals surface area contributed by atoms with Gasteiger partial charge in [0.05, 0.1) is 19.8 Å². The van der Waals surface area contributed by atoms with Gasteiger partial charge >= 0.3 is 0 Å². The number of nitrogens with one attached hydrogen (secondary N) is 1. The maximum Gasteiger partial charge on any atom is 0.218 e. The van der Waals surface area contributed by atoms with E-state index in [0.29, 0.717) is 24.8 Å². The molecule has 0 radical (unpaired) electrons. The van der Waals surface area contributed by atoms with Gasteiger partial charge in [0, 0.05) is 19.7 Å². The lowest BCUT2D eigenvalue weighted by atomic mass is 10.3. The van der Waals surface area contributed by atoms with Gasteiger partial charge in [-0.3, -0.25) is 0 Å². The lowest BCUT2D eigenvalue weighted by molar-refractivity contribution is 0.187. The van der Waals surface area contributed by atoms with Crippen LogP contribution in [0.5, 0.6) is 5.88 Å². The molecule has 6 heteroatoms. The molecular formula is C9H16N4O2. The smallest absolute Gasteiger partial charge is 0.218 e. The van der Waals surface area contributed by atoms with Gasteiger partial charge in [0.25, 0.3) is 0 Å². The van der Waals surface area contributed by atoms with Gasteiger partial charge in [-0.15, -0.1) is 0 Å². The number of rotatable bonds is 6. The Labute approximate surface area is 88.8 Å². The molecule has 0 saturated heterocycles. The van der Waals surface area contributed by atoms with E-state index in [0.717, 1.165) is 0 Å². The minimum atomic E-state index is 0.0367. The Kier molecular flexibility index (Phi) is 4.79. The van der Waals surface area contributed by atoms with Crippen molar-refractivity contribution in [3.63, 3.8) is 0 Å². The molecule has 6 nitrogen and oxygen atoms in total. The molecule has 0 amide bonds. The number of aromatic nitrogens is 2. The molecule has 3 N–H and O–H groups in total. The molecule has 1 rings (SSSR count). The minimum absolute atomic E-state index is 0.0367. The Morgan fingerprint density at radius 2 is 2.27 bits per heavy atom. The predicted octanol–water partition coefficient (Wildman–Crippen LogP) is -0.129. The third-order valence-corrected chi connectivity index (χ3v) is 1.86. The Morgan fingerprint density at radius 3 is 2.87 bits per heavy atom. The van der Waals surface area contributed by atoms with Crippen LogP contribution >= 0.6 is 0 Å². The number of nitrogens with zero attached hydrogens (tertiary/aromatic N) is 2. The van der Waals surface area contributed by atoms with Crippen molar-refractivity contribution in [1.29, 1.82) is 0 Å². The Balaban J connectivity index is 2.61. The van der Waals surface area contributed by atoms with Crippen molar-refractivity contribution in [3.05, 3.63) is 12.4 Å². The second kappa shape index (κ2) is 6.15. The monoisotopic (exact) mass is 212 g/mol. The van der Waals surface area contributed by atoms with Crippen molar-refractivity contribution in [2.45, 2.75) is 6.04 Å². The summed E-state index contributed by atoms with van der Waals surface area (Å²) in [6.45, 7) is 1.00. The molecule has 15 heavy (non-hydrogen) atoms. The third-order valence-electron chi connectivity index (χ3n) is 1.86. The number of methoxy groups -OCH3 is 2. The van der Waals surface area contributed by atoms with E-state index >= 15 is 0 Å². The lowest BCUT2D eigenvalue weighted by Crippen LogP contribution is -2.33. The Hall–Kier alpha value is -1.40. The normalized spacial score (nSPS) is 12.2. The molecule has 0 aliphatic rings. The van der Waals surface area contributed by atoms with Gasteiger partial charge in [0.2, 0.25) is 5.88 Å². The van der Waals surface area contributed by atoms with Crippen LogP contribution in [0.25, 0.3) is 0 Å². The summed E-state index contributed by atoms with van der Waals surface area (Å²) < 4.78 is 9.98. The van der Waals surface area contributed by atoms with Crippen LogP contribution in [0.4, 0.5) is 5.82 Å². The zero-order chi connectivity index (χ0) is 11.1. The van der Waals surface area contributed by atoms with Crippen LogP contribution in [0.2, 0.25) is 0 Å². The molecule has 1 atom stereocenters. The van der Waals surface area contributed by atoms with Gasteiger partial charge < -0.3 is 20.5 Å². The molecule has 1 heterocycles. The maximum atomic E-state index is 5.56. The molecule has 0 spiro atoms. The molecule has 1 unspecified atom stereocenters. The van der Waals surface area contributed by atoms with Gasteiger partial charge in [-0.1, -0.05) is 0 Å². The lowest BCUT2D eigenvalue weighted by Gasteiger charge is -2.16. The summed E-state index contributed by atoms with van der Waals surface area (Å²) in [5.74, 6) is 1.19. The van der Waals surface area contributed by atoms with Crippen molar-refractivity contribution in [2.24, 2.45) is 5.73 Å². The van der Waals surface area contributed by atoms with E-state index in [1.807, 2.05) is 0 Å². The maximum absolute atomic E-state index is 5.56. The highest BCUT2D eigenvalue weighted by molar-refractivity contribution is 5.38. The van der Waals surface area contributed by atoms with Crippen LogP contribution < -0.4 is 15.8 Å². The Bertz CT molecular complexity index is 295. The van der Waals surface area contributed by atoms with Gasteiger partial charge in [0.1, 0.15) is 12.1 Å². The highest BCUT2D eigenvalue weighted by Gasteiger charge is 2.07. The standard InChI is InChI=1S/C9H16N4O2/c1-14-5-7(4-10)13-8-3-9(15-2)12-6-11-8/h3,6-7H,4-5,10H2,1-2H3,(H,11,12,13). The fraction of sp³-hybridized carbons (Fsp3) is 0.556. The quantitative estimate of drug-likeness (QED) is 0.683. The second-order valence-corrected chi connectivity index (χ2v) is 2.98. The van der Waals surface area contributed by atoms with E-state index in [9.17, 15) is 0 Å². The van der Waals surface area contributed by atoms with Crippen LogP contribution in [0.15, 0.2) is 12.4 Å². The average Bonchev–Trinajstić information content (AvgIpc) is 2.29. The highest BCUT2D eigenvalue weighted by Crippen LogP contribution is 2.10. The van der Waals surface area contributed by atoms with Crippen molar-refractivity contribution in [3.8, 4) is 5.88 Å². The molecule has 0 aromatic carbocycles. The highest BCUT2D eigenvalue weighted by atomic mass is 16.5. The largest absolute Gasteiger partial charge is 0.481 e. The average molecular weight is 212 g/mol. The number of nitrogens with two attached hydrogens (primary N) is 1. The summed E-state index contributed by atoms with van der Waals surface area (Å²) in [6, 6.07) is 1.74. The molecular weight excluding hydrogens is 196 g/mol. The molecule has 0 bridgehead atoms. The molecule has 84 valence electrons.